The van der Waals surface area contributed by atoms with Gasteiger partial charge in [0.05, 0.1) is 0 Å². The zero-order valence-electron chi connectivity index (χ0n) is 6.39. The summed E-state index contributed by atoms with van der Waals surface area (Å²) in [6.07, 6.45) is 0. The lowest BCUT2D eigenvalue weighted by molar-refractivity contribution is 1.49. The molecular weight excluding hydrogens is 172 g/mol. The molecule has 0 nitrogen and oxygen atoms in total. The zero-order valence-corrected chi connectivity index (χ0v) is 8.15. The molecule has 0 atom stereocenters. The van der Waals surface area contributed by atoms with E-state index in [9.17, 15) is 0 Å². The lowest BCUT2D eigenvalue weighted by Crippen LogP contribution is -2.13. The van der Waals surface area contributed by atoms with E-state index in [-0.39, 0.29) is 0 Å². The summed E-state index contributed by atoms with van der Waals surface area (Å²) < 4.78 is 0. The first kappa shape index (κ1) is 8.56. The van der Waals surface area contributed by atoms with Crippen LogP contribution in [0.5, 0.6) is 0 Å². The van der Waals surface area contributed by atoms with Gasteiger partial charge in [0.2, 0.25) is 0 Å². The molecule has 11 heavy (non-hydrogen) atoms. The largest absolute Gasteiger partial charge is 0.113 e. The number of halogens is 1. The first-order valence-electron chi connectivity index (χ1n) is 3.38. The molecule has 0 heterocycles. The Morgan fingerprint density at radius 1 is 1.55 bits per heavy atom. The Morgan fingerprint density at radius 2 is 2.27 bits per heavy atom. The van der Waals surface area contributed by atoms with Gasteiger partial charge < -0.3 is 0 Å². The molecule has 0 spiro atoms. The predicted octanol–water partition coefficient (Wildman–Crippen LogP) is 2.12. The molecule has 0 N–H and O–H groups in total. The van der Waals surface area contributed by atoms with Crippen LogP contribution in [0.1, 0.15) is 5.56 Å². The van der Waals surface area contributed by atoms with E-state index in [2.05, 4.69) is 6.58 Å². The molecular formula is C9H9ClSi. The molecule has 0 aliphatic carbocycles. The van der Waals surface area contributed by atoms with Crippen LogP contribution in [-0.4, -0.2) is 9.52 Å². The topological polar surface area (TPSA) is 0 Å². The van der Waals surface area contributed by atoms with Crippen molar-refractivity contribution in [3.8, 4) is 0 Å². The molecule has 1 rings (SSSR count). The summed E-state index contributed by atoms with van der Waals surface area (Å²) in [4.78, 5) is 0. The number of hydrogen-bond donors (Lipinski definition) is 0. The van der Waals surface area contributed by atoms with Gasteiger partial charge in [-0.3, -0.25) is 0 Å². The molecule has 2 radical (unpaired) electrons. The summed E-state index contributed by atoms with van der Waals surface area (Å²) in [6.45, 7) is 5.69. The van der Waals surface area contributed by atoms with Gasteiger partial charge in [0, 0.05) is 5.02 Å². The molecule has 0 bridgehead atoms. The fraction of sp³-hybridized carbons (Fsp3) is 0.111. The zero-order chi connectivity index (χ0) is 8.27. The minimum Gasteiger partial charge on any atom is -0.107 e. The third-order valence-corrected chi connectivity index (χ3v) is 3.04. The molecule has 0 aromatic heterocycles. The van der Waals surface area contributed by atoms with Crippen molar-refractivity contribution in [2.75, 3.05) is 0 Å². The average Bonchev–Trinajstić information content (AvgIpc) is 1.99. The van der Waals surface area contributed by atoms with Gasteiger partial charge in [0.25, 0.3) is 0 Å². The highest BCUT2D eigenvalue weighted by molar-refractivity contribution is 6.62. The summed E-state index contributed by atoms with van der Waals surface area (Å²) in [5, 5.41) is 2.06. The molecule has 1 aromatic rings. The van der Waals surface area contributed by atoms with Gasteiger partial charge in [-0.2, -0.15) is 0 Å². The van der Waals surface area contributed by atoms with Gasteiger partial charge in [0.15, 0.2) is 0 Å². The van der Waals surface area contributed by atoms with Crippen molar-refractivity contribution >= 4 is 26.3 Å². The van der Waals surface area contributed by atoms with Gasteiger partial charge >= 0.3 is 0 Å². The number of aryl methyl sites for hydroxylation is 1. The fourth-order valence-corrected chi connectivity index (χ4v) is 1.89. The third-order valence-electron chi connectivity index (χ3n) is 1.45. The van der Waals surface area contributed by atoms with Crippen molar-refractivity contribution in [1.82, 2.24) is 0 Å². The predicted molar refractivity (Wildman–Crippen MR) is 51.8 cm³/mol. The molecule has 0 saturated carbocycles. The Labute approximate surface area is 74.7 Å². The molecule has 0 amide bonds. The summed E-state index contributed by atoms with van der Waals surface area (Å²) in [6, 6.07) is 6.07. The molecule has 0 fully saturated rings. The highest BCUT2D eigenvalue weighted by atomic mass is 35.5. The van der Waals surface area contributed by atoms with Crippen LogP contribution in [0.2, 0.25) is 5.02 Å². The van der Waals surface area contributed by atoms with E-state index >= 15 is 0 Å². The van der Waals surface area contributed by atoms with E-state index in [4.69, 9.17) is 11.6 Å². The Hall–Kier alpha value is -0.533. The van der Waals surface area contributed by atoms with E-state index < -0.39 is 0 Å². The molecule has 0 unspecified atom stereocenters. The molecule has 0 saturated heterocycles. The Kier molecular flexibility index (Phi) is 2.91. The third kappa shape index (κ3) is 1.95. The van der Waals surface area contributed by atoms with Crippen molar-refractivity contribution in [2.24, 2.45) is 0 Å². The summed E-state index contributed by atoms with van der Waals surface area (Å²) >= 11 is 6.03. The minimum absolute atomic E-state index is 0.614. The van der Waals surface area contributed by atoms with E-state index in [1.165, 1.54) is 5.19 Å². The summed E-state index contributed by atoms with van der Waals surface area (Å²) in [5.41, 5.74) is 3.03. The standard InChI is InChI=1S/C9H9ClSi/c1-3-11-8-6-4-5-7(2)9(8)10/h3-6H,1H2,2H3. The molecule has 2 heteroatoms. The van der Waals surface area contributed by atoms with Crippen molar-refractivity contribution in [3.63, 3.8) is 0 Å². The second-order valence-corrected chi connectivity index (χ2v) is 3.90. The lowest BCUT2D eigenvalue weighted by Gasteiger charge is -2.01. The number of benzene rings is 1. The number of rotatable bonds is 2. The highest BCUT2D eigenvalue weighted by Crippen LogP contribution is 2.10. The first-order chi connectivity index (χ1) is 5.25. The minimum atomic E-state index is 0.614. The van der Waals surface area contributed by atoms with Gasteiger partial charge in [-0.05, 0) is 17.7 Å². The summed E-state index contributed by atoms with van der Waals surface area (Å²) in [5.74, 6) is 0. The smallest absolute Gasteiger partial charge is 0.107 e. The van der Waals surface area contributed by atoms with Gasteiger partial charge in [-0.15, -0.1) is 12.3 Å². The van der Waals surface area contributed by atoms with E-state index in [0.29, 0.717) is 9.52 Å². The van der Waals surface area contributed by atoms with Gasteiger partial charge in [-0.25, -0.2) is 0 Å². The SMILES string of the molecule is C=C[Si]c1cccc(C)c1Cl. The van der Waals surface area contributed by atoms with Crippen LogP contribution in [0.25, 0.3) is 0 Å². The first-order valence-corrected chi connectivity index (χ1v) is 4.84. The van der Waals surface area contributed by atoms with E-state index in [1.807, 2.05) is 30.8 Å². The Morgan fingerprint density at radius 3 is 2.91 bits per heavy atom. The van der Waals surface area contributed by atoms with Crippen LogP contribution >= 0.6 is 11.6 Å². The van der Waals surface area contributed by atoms with Crippen molar-refractivity contribution in [1.29, 1.82) is 0 Å². The Balaban J connectivity index is 3.05. The maximum Gasteiger partial charge on any atom is 0.113 e. The average molecular weight is 181 g/mol. The monoisotopic (exact) mass is 180 g/mol. The maximum atomic E-state index is 6.03. The van der Waals surface area contributed by atoms with Crippen LogP contribution in [0.4, 0.5) is 0 Å². The fourth-order valence-electron chi connectivity index (χ4n) is 0.869. The van der Waals surface area contributed by atoms with Gasteiger partial charge in [-0.1, -0.05) is 29.8 Å². The van der Waals surface area contributed by atoms with Crippen LogP contribution in [0.15, 0.2) is 30.5 Å². The van der Waals surface area contributed by atoms with Crippen molar-refractivity contribution in [2.45, 2.75) is 6.92 Å². The molecule has 0 aliphatic rings. The highest BCUT2D eigenvalue weighted by Gasteiger charge is 1.99. The van der Waals surface area contributed by atoms with Crippen molar-refractivity contribution < 1.29 is 0 Å². The molecule has 0 aliphatic heterocycles. The normalized spacial score (nSPS) is 9.64. The Bertz CT molecular complexity index is 268. The van der Waals surface area contributed by atoms with E-state index in [0.717, 1.165) is 10.6 Å². The second-order valence-electron chi connectivity index (χ2n) is 2.28. The van der Waals surface area contributed by atoms with E-state index in [1.54, 1.807) is 0 Å². The van der Waals surface area contributed by atoms with Gasteiger partial charge in [0.1, 0.15) is 9.52 Å². The van der Waals surface area contributed by atoms with Crippen molar-refractivity contribution in [3.05, 3.63) is 41.1 Å². The van der Waals surface area contributed by atoms with Crippen LogP contribution in [-0.2, 0) is 0 Å². The van der Waals surface area contributed by atoms with Crippen LogP contribution in [0, 0.1) is 6.92 Å². The lowest BCUT2D eigenvalue weighted by atomic mass is 10.2. The summed E-state index contributed by atoms with van der Waals surface area (Å²) in [7, 11) is 0.614. The second kappa shape index (κ2) is 3.74. The molecule has 1 aromatic carbocycles. The maximum absolute atomic E-state index is 6.03. The van der Waals surface area contributed by atoms with Crippen LogP contribution in [0.3, 0.4) is 0 Å². The molecule has 56 valence electrons. The quantitative estimate of drug-likeness (QED) is 0.612. The van der Waals surface area contributed by atoms with Crippen LogP contribution < -0.4 is 5.19 Å². The number of hydrogen-bond acceptors (Lipinski definition) is 0.